The van der Waals surface area contributed by atoms with E-state index in [0.29, 0.717) is 12.3 Å². The summed E-state index contributed by atoms with van der Waals surface area (Å²) < 4.78 is 6.98. The summed E-state index contributed by atoms with van der Waals surface area (Å²) in [6.45, 7) is 1.34. The maximum absolute atomic E-state index is 10.8. The molecule has 70 valence electrons. The molecule has 0 aliphatic carbocycles. The first-order valence-corrected chi connectivity index (χ1v) is 4.27. The summed E-state index contributed by atoms with van der Waals surface area (Å²) in [6.07, 6.45) is 2.69. The van der Waals surface area contributed by atoms with Gasteiger partial charge >= 0.3 is 5.97 Å². The number of aromatic carboxylic acids is 1. The quantitative estimate of drug-likeness (QED) is 0.744. The fourth-order valence-corrected chi connectivity index (χ4v) is 1.63. The molecule has 13 heavy (non-hydrogen) atoms. The lowest BCUT2D eigenvalue weighted by atomic mass is 10.2. The molecule has 2 rings (SSSR count). The second-order valence-electron chi connectivity index (χ2n) is 3.12. The van der Waals surface area contributed by atoms with Gasteiger partial charge in [0.25, 0.3) is 0 Å². The highest BCUT2D eigenvalue weighted by molar-refractivity contribution is 5.85. The Morgan fingerprint density at radius 2 is 2.54 bits per heavy atom. The number of hydrogen-bond donors (Lipinski definition) is 1. The van der Waals surface area contributed by atoms with Crippen LogP contribution in [-0.2, 0) is 4.74 Å². The molecule has 1 N–H and O–H groups in total. The lowest BCUT2D eigenvalue weighted by molar-refractivity contribution is 0.0682. The predicted octanol–water partition coefficient (Wildman–Crippen LogP) is 1.15. The molecule has 0 aromatic carbocycles. The van der Waals surface area contributed by atoms with E-state index in [1.807, 2.05) is 0 Å². The minimum atomic E-state index is -0.878. The maximum atomic E-state index is 10.8. The van der Waals surface area contributed by atoms with Gasteiger partial charge in [-0.05, 0) is 18.6 Å². The molecule has 1 aromatic rings. The molecule has 0 amide bonds. The van der Waals surface area contributed by atoms with E-state index in [1.54, 1.807) is 22.9 Å². The molecule has 1 aromatic heterocycles. The van der Waals surface area contributed by atoms with Crippen molar-refractivity contribution in [1.29, 1.82) is 0 Å². The molecule has 1 aliphatic rings. The van der Waals surface area contributed by atoms with E-state index in [9.17, 15) is 4.79 Å². The van der Waals surface area contributed by atoms with E-state index < -0.39 is 5.97 Å². The Bertz CT molecular complexity index is 312. The van der Waals surface area contributed by atoms with Crippen molar-refractivity contribution in [1.82, 2.24) is 4.57 Å². The number of hydrogen-bond acceptors (Lipinski definition) is 2. The van der Waals surface area contributed by atoms with Crippen molar-refractivity contribution >= 4 is 5.97 Å². The molecule has 1 fully saturated rings. The van der Waals surface area contributed by atoms with Crippen LogP contribution in [-0.4, -0.2) is 28.9 Å². The first kappa shape index (κ1) is 8.31. The molecule has 1 unspecified atom stereocenters. The van der Waals surface area contributed by atoms with E-state index in [-0.39, 0.29) is 6.04 Å². The Hall–Kier alpha value is -1.29. The number of nitrogens with zero attached hydrogens (tertiary/aromatic N) is 1. The molecule has 1 atom stereocenters. The fourth-order valence-electron chi connectivity index (χ4n) is 1.63. The van der Waals surface area contributed by atoms with Gasteiger partial charge in [0, 0.05) is 12.8 Å². The molecular weight excluding hydrogens is 170 g/mol. The molecule has 0 saturated carbocycles. The molecule has 0 spiro atoms. The van der Waals surface area contributed by atoms with Crippen LogP contribution in [0, 0.1) is 0 Å². The average Bonchev–Trinajstić information content (AvgIpc) is 2.74. The summed E-state index contributed by atoms with van der Waals surface area (Å²) in [7, 11) is 0. The number of rotatable bonds is 2. The molecule has 0 bridgehead atoms. The average molecular weight is 181 g/mol. The number of carboxylic acid groups (broad SMARTS) is 1. The van der Waals surface area contributed by atoms with Gasteiger partial charge in [-0.25, -0.2) is 4.79 Å². The topological polar surface area (TPSA) is 51.5 Å². The summed E-state index contributed by atoms with van der Waals surface area (Å²) in [4.78, 5) is 10.8. The Labute approximate surface area is 75.7 Å². The minimum Gasteiger partial charge on any atom is -0.477 e. The predicted molar refractivity (Wildman–Crippen MR) is 45.9 cm³/mol. The Kier molecular flexibility index (Phi) is 2.06. The maximum Gasteiger partial charge on any atom is 0.352 e. The lowest BCUT2D eigenvalue weighted by Gasteiger charge is -2.11. The fraction of sp³-hybridized carbons (Fsp3) is 0.444. The third kappa shape index (κ3) is 1.45. The molecular formula is C9H11NO3. The first-order valence-electron chi connectivity index (χ1n) is 4.27. The van der Waals surface area contributed by atoms with E-state index >= 15 is 0 Å². The van der Waals surface area contributed by atoms with Gasteiger partial charge in [0.2, 0.25) is 0 Å². The number of ether oxygens (including phenoxy) is 1. The highest BCUT2D eigenvalue weighted by Crippen LogP contribution is 2.21. The summed E-state index contributed by atoms with van der Waals surface area (Å²) in [5, 5.41) is 8.85. The van der Waals surface area contributed by atoms with Gasteiger partial charge in [0.1, 0.15) is 5.69 Å². The summed E-state index contributed by atoms with van der Waals surface area (Å²) in [5.74, 6) is -0.878. The van der Waals surface area contributed by atoms with Crippen molar-refractivity contribution in [3.8, 4) is 0 Å². The second-order valence-corrected chi connectivity index (χ2v) is 3.12. The van der Waals surface area contributed by atoms with E-state index in [0.717, 1.165) is 13.0 Å². The number of aromatic nitrogens is 1. The first-order chi connectivity index (χ1) is 6.29. The van der Waals surface area contributed by atoms with Gasteiger partial charge in [-0.1, -0.05) is 0 Å². The molecule has 1 aliphatic heterocycles. The van der Waals surface area contributed by atoms with E-state index in [4.69, 9.17) is 9.84 Å². The van der Waals surface area contributed by atoms with Crippen LogP contribution in [0.1, 0.15) is 23.0 Å². The summed E-state index contributed by atoms with van der Waals surface area (Å²) >= 11 is 0. The third-order valence-electron chi connectivity index (χ3n) is 2.30. The Morgan fingerprint density at radius 1 is 1.69 bits per heavy atom. The number of carboxylic acids is 1. The van der Waals surface area contributed by atoms with Crippen molar-refractivity contribution in [3.63, 3.8) is 0 Å². The van der Waals surface area contributed by atoms with Gasteiger partial charge in [-0.2, -0.15) is 0 Å². The zero-order valence-electron chi connectivity index (χ0n) is 7.14. The van der Waals surface area contributed by atoms with Crippen LogP contribution in [0.2, 0.25) is 0 Å². The van der Waals surface area contributed by atoms with Crippen molar-refractivity contribution in [3.05, 3.63) is 24.0 Å². The molecule has 4 nitrogen and oxygen atoms in total. The minimum absolute atomic E-state index is 0.195. The van der Waals surface area contributed by atoms with Gasteiger partial charge in [-0.3, -0.25) is 0 Å². The standard InChI is InChI=1S/C9H11NO3/c11-9(12)8-2-1-4-10(8)7-3-5-13-6-7/h1-2,4,7H,3,5-6H2,(H,11,12). The van der Waals surface area contributed by atoms with Crippen LogP contribution >= 0.6 is 0 Å². The Morgan fingerprint density at radius 3 is 3.15 bits per heavy atom. The van der Waals surface area contributed by atoms with Crippen LogP contribution in [0.5, 0.6) is 0 Å². The molecule has 2 heterocycles. The number of carbonyl (C=O) groups is 1. The van der Waals surface area contributed by atoms with Crippen molar-refractivity contribution in [2.75, 3.05) is 13.2 Å². The summed E-state index contributed by atoms with van der Waals surface area (Å²) in [6, 6.07) is 3.56. The normalized spacial score (nSPS) is 22.0. The summed E-state index contributed by atoms with van der Waals surface area (Å²) in [5.41, 5.74) is 0.343. The van der Waals surface area contributed by atoms with Crippen LogP contribution in [0.4, 0.5) is 0 Å². The van der Waals surface area contributed by atoms with Crippen molar-refractivity contribution < 1.29 is 14.6 Å². The molecule has 4 heteroatoms. The zero-order valence-corrected chi connectivity index (χ0v) is 7.14. The van der Waals surface area contributed by atoms with Gasteiger partial charge in [0.05, 0.1) is 12.6 Å². The van der Waals surface area contributed by atoms with Gasteiger partial charge in [-0.15, -0.1) is 0 Å². The largest absolute Gasteiger partial charge is 0.477 e. The highest BCUT2D eigenvalue weighted by Gasteiger charge is 2.21. The highest BCUT2D eigenvalue weighted by atomic mass is 16.5. The second kappa shape index (κ2) is 3.22. The van der Waals surface area contributed by atoms with Crippen LogP contribution in [0.15, 0.2) is 18.3 Å². The smallest absolute Gasteiger partial charge is 0.352 e. The van der Waals surface area contributed by atoms with E-state index in [1.165, 1.54) is 0 Å². The van der Waals surface area contributed by atoms with Crippen molar-refractivity contribution in [2.45, 2.75) is 12.5 Å². The van der Waals surface area contributed by atoms with Gasteiger partial charge < -0.3 is 14.4 Å². The van der Waals surface area contributed by atoms with Gasteiger partial charge in [0.15, 0.2) is 0 Å². The lowest BCUT2D eigenvalue weighted by Crippen LogP contribution is -2.14. The van der Waals surface area contributed by atoms with Crippen LogP contribution in [0.25, 0.3) is 0 Å². The molecule has 1 saturated heterocycles. The molecule has 0 radical (unpaired) electrons. The van der Waals surface area contributed by atoms with Crippen molar-refractivity contribution in [2.24, 2.45) is 0 Å². The monoisotopic (exact) mass is 181 g/mol. The van der Waals surface area contributed by atoms with E-state index in [2.05, 4.69) is 0 Å². The Balaban J connectivity index is 2.28. The van der Waals surface area contributed by atoms with Crippen LogP contribution < -0.4 is 0 Å². The SMILES string of the molecule is O=C(O)c1cccn1C1CCOC1. The third-order valence-corrected chi connectivity index (χ3v) is 2.30. The van der Waals surface area contributed by atoms with Crippen LogP contribution in [0.3, 0.4) is 0 Å². The zero-order chi connectivity index (χ0) is 9.26.